The van der Waals surface area contributed by atoms with E-state index in [4.69, 9.17) is 5.84 Å². The van der Waals surface area contributed by atoms with E-state index in [1.54, 1.807) is 17.7 Å². The number of hydrogen-bond donors (Lipinski definition) is 2. The third-order valence-electron chi connectivity index (χ3n) is 3.30. The van der Waals surface area contributed by atoms with Gasteiger partial charge in [-0.25, -0.2) is 9.67 Å². The normalized spacial score (nSPS) is 13.1. The van der Waals surface area contributed by atoms with Crippen LogP contribution in [0.1, 0.15) is 43.1 Å². The Bertz CT molecular complexity index is 531. The van der Waals surface area contributed by atoms with Crippen LogP contribution in [0.4, 0.5) is 0 Å². The Hall–Kier alpha value is -1.24. The fourth-order valence-electron chi connectivity index (χ4n) is 2.30. The molecule has 0 aliphatic rings. The van der Waals surface area contributed by atoms with Gasteiger partial charge in [-0.3, -0.25) is 11.3 Å². The van der Waals surface area contributed by atoms with Crippen LogP contribution in [-0.2, 0) is 19.4 Å². The highest BCUT2D eigenvalue weighted by Gasteiger charge is 2.18. The molecule has 6 heteroatoms. The first-order valence-electron chi connectivity index (χ1n) is 7.04. The van der Waals surface area contributed by atoms with Gasteiger partial charge in [-0.15, -0.1) is 11.3 Å². The van der Waals surface area contributed by atoms with Crippen molar-refractivity contribution in [1.82, 2.24) is 20.2 Å². The van der Waals surface area contributed by atoms with E-state index >= 15 is 0 Å². The van der Waals surface area contributed by atoms with Gasteiger partial charge in [0.05, 0.1) is 6.04 Å². The number of nitrogens with two attached hydrogens (primary N) is 1. The Labute approximate surface area is 124 Å². The van der Waals surface area contributed by atoms with E-state index < -0.39 is 0 Å². The zero-order chi connectivity index (χ0) is 14.5. The van der Waals surface area contributed by atoms with Gasteiger partial charge in [0.2, 0.25) is 0 Å². The molecule has 0 saturated carbocycles. The van der Waals surface area contributed by atoms with Gasteiger partial charge in [0.1, 0.15) is 12.2 Å². The van der Waals surface area contributed by atoms with E-state index in [-0.39, 0.29) is 6.04 Å². The van der Waals surface area contributed by atoms with Crippen molar-refractivity contribution in [3.63, 3.8) is 0 Å². The first kappa shape index (κ1) is 15.2. The third-order valence-corrected chi connectivity index (χ3v) is 4.37. The number of hydrazine groups is 1. The van der Waals surface area contributed by atoms with Crippen LogP contribution in [0.2, 0.25) is 0 Å². The lowest BCUT2D eigenvalue weighted by molar-refractivity contribution is 0.447. The van der Waals surface area contributed by atoms with Crippen molar-refractivity contribution in [2.24, 2.45) is 11.8 Å². The molecule has 2 heterocycles. The standard InChI is InChI=1S/C14H23N5S/c1-4-11-5-6-20-14(11)12(18-15)7-13-16-9-17-19(13)8-10(2)3/h5-6,9-10,12,18H,4,7-8,15H2,1-3H3. The second-order valence-corrected chi connectivity index (χ2v) is 6.29. The summed E-state index contributed by atoms with van der Waals surface area (Å²) < 4.78 is 1.98. The number of aromatic nitrogens is 3. The number of thiophene rings is 1. The summed E-state index contributed by atoms with van der Waals surface area (Å²) in [5.74, 6) is 7.29. The second kappa shape index (κ2) is 6.97. The molecule has 2 aromatic rings. The lowest BCUT2D eigenvalue weighted by Crippen LogP contribution is -2.30. The van der Waals surface area contributed by atoms with E-state index in [1.807, 2.05) is 4.68 Å². The predicted molar refractivity (Wildman–Crippen MR) is 82.3 cm³/mol. The Balaban J connectivity index is 2.16. The molecule has 0 aromatic carbocycles. The van der Waals surface area contributed by atoms with E-state index in [2.05, 4.69) is 47.7 Å². The Morgan fingerprint density at radius 1 is 1.45 bits per heavy atom. The number of rotatable bonds is 7. The molecular weight excluding hydrogens is 270 g/mol. The van der Waals surface area contributed by atoms with E-state index in [9.17, 15) is 0 Å². The van der Waals surface area contributed by atoms with Crippen LogP contribution >= 0.6 is 11.3 Å². The fourth-order valence-corrected chi connectivity index (χ4v) is 3.36. The molecular formula is C14H23N5S. The third kappa shape index (κ3) is 3.45. The molecule has 0 amide bonds. The predicted octanol–water partition coefficient (Wildman–Crippen LogP) is 2.31. The summed E-state index contributed by atoms with van der Waals surface area (Å²) in [5.41, 5.74) is 4.28. The second-order valence-electron chi connectivity index (χ2n) is 5.34. The van der Waals surface area contributed by atoms with Crippen LogP contribution in [0.3, 0.4) is 0 Å². The van der Waals surface area contributed by atoms with E-state index in [0.29, 0.717) is 5.92 Å². The average molecular weight is 293 g/mol. The number of nitrogens with one attached hydrogen (secondary N) is 1. The molecule has 20 heavy (non-hydrogen) atoms. The highest BCUT2D eigenvalue weighted by atomic mass is 32.1. The lowest BCUT2D eigenvalue weighted by atomic mass is 10.1. The van der Waals surface area contributed by atoms with Crippen molar-refractivity contribution in [1.29, 1.82) is 0 Å². The molecule has 0 aliphatic carbocycles. The molecule has 3 N–H and O–H groups in total. The van der Waals surface area contributed by atoms with Gasteiger partial charge in [-0.05, 0) is 29.3 Å². The van der Waals surface area contributed by atoms with Crippen molar-refractivity contribution in [2.75, 3.05) is 0 Å². The monoisotopic (exact) mass is 293 g/mol. The summed E-state index contributed by atoms with van der Waals surface area (Å²) in [6.45, 7) is 7.41. The summed E-state index contributed by atoms with van der Waals surface area (Å²) in [6.07, 6.45) is 3.41. The Morgan fingerprint density at radius 2 is 2.25 bits per heavy atom. The largest absolute Gasteiger partial charge is 0.271 e. The molecule has 5 nitrogen and oxygen atoms in total. The summed E-state index contributed by atoms with van der Waals surface area (Å²) >= 11 is 1.75. The highest BCUT2D eigenvalue weighted by Crippen LogP contribution is 2.27. The topological polar surface area (TPSA) is 68.8 Å². The van der Waals surface area contributed by atoms with Crippen LogP contribution < -0.4 is 11.3 Å². The van der Waals surface area contributed by atoms with Crippen LogP contribution in [0.25, 0.3) is 0 Å². The highest BCUT2D eigenvalue weighted by molar-refractivity contribution is 7.10. The first-order valence-corrected chi connectivity index (χ1v) is 7.92. The number of aryl methyl sites for hydroxylation is 1. The van der Waals surface area contributed by atoms with Gasteiger partial charge in [0.15, 0.2) is 0 Å². The summed E-state index contributed by atoms with van der Waals surface area (Å²) in [5, 5.41) is 6.43. The van der Waals surface area contributed by atoms with E-state index in [1.165, 1.54) is 10.4 Å². The van der Waals surface area contributed by atoms with Crippen molar-refractivity contribution < 1.29 is 0 Å². The molecule has 0 spiro atoms. The molecule has 2 rings (SSSR count). The minimum Gasteiger partial charge on any atom is -0.271 e. The minimum atomic E-state index is 0.0973. The van der Waals surface area contributed by atoms with Crippen molar-refractivity contribution >= 4 is 11.3 Å². The van der Waals surface area contributed by atoms with Gasteiger partial charge in [0.25, 0.3) is 0 Å². The molecule has 1 atom stereocenters. The maximum absolute atomic E-state index is 5.75. The van der Waals surface area contributed by atoms with Gasteiger partial charge >= 0.3 is 0 Å². The average Bonchev–Trinajstić information content (AvgIpc) is 3.04. The van der Waals surface area contributed by atoms with Crippen molar-refractivity contribution in [3.05, 3.63) is 34.0 Å². The molecule has 0 aliphatic heterocycles. The van der Waals surface area contributed by atoms with Crippen molar-refractivity contribution in [3.8, 4) is 0 Å². The zero-order valence-corrected chi connectivity index (χ0v) is 13.2. The molecule has 0 fully saturated rings. The minimum absolute atomic E-state index is 0.0973. The first-order chi connectivity index (χ1) is 9.65. The van der Waals surface area contributed by atoms with Crippen LogP contribution in [0.15, 0.2) is 17.8 Å². The van der Waals surface area contributed by atoms with Crippen LogP contribution in [0, 0.1) is 5.92 Å². The van der Waals surface area contributed by atoms with Gasteiger partial charge in [-0.2, -0.15) is 5.10 Å². The Morgan fingerprint density at radius 3 is 2.90 bits per heavy atom. The molecule has 110 valence electrons. The quantitative estimate of drug-likeness (QED) is 0.607. The van der Waals surface area contributed by atoms with Crippen LogP contribution in [0.5, 0.6) is 0 Å². The smallest absolute Gasteiger partial charge is 0.138 e. The molecule has 2 aromatic heterocycles. The van der Waals surface area contributed by atoms with Crippen molar-refractivity contribution in [2.45, 2.75) is 46.2 Å². The van der Waals surface area contributed by atoms with E-state index in [0.717, 1.165) is 25.2 Å². The fraction of sp³-hybridized carbons (Fsp3) is 0.571. The molecule has 1 unspecified atom stereocenters. The summed E-state index contributed by atoms with van der Waals surface area (Å²) in [6, 6.07) is 2.27. The SMILES string of the molecule is CCc1ccsc1C(Cc1ncnn1CC(C)C)NN. The lowest BCUT2D eigenvalue weighted by Gasteiger charge is -2.17. The molecule has 0 saturated heterocycles. The van der Waals surface area contributed by atoms with Gasteiger partial charge in [0, 0.05) is 17.8 Å². The Kier molecular flexibility index (Phi) is 5.28. The zero-order valence-electron chi connectivity index (χ0n) is 12.3. The van der Waals surface area contributed by atoms with Crippen LogP contribution in [-0.4, -0.2) is 14.8 Å². The van der Waals surface area contributed by atoms with Gasteiger partial charge in [-0.1, -0.05) is 20.8 Å². The number of nitrogens with zero attached hydrogens (tertiary/aromatic N) is 3. The maximum Gasteiger partial charge on any atom is 0.138 e. The number of hydrogen-bond acceptors (Lipinski definition) is 5. The molecule has 0 bridgehead atoms. The summed E-state index contributed by atoms with van der Waals surface area (Å²) in [4.78, 5) is 5.68. The molecule has 0 radical (unpaired) electrons. The summed E-state index contributed by atoms with van der Waals surface area (Å²) in [7, 11) is 0. The maximum atomic E-state index is 5.75. The van der Waals surface area contributed by atoms with Gasteiger partial charge < -0.3 is 0 Å².